The number of ketones is 1. The highest BCUT2D eigenvalue weighted by atomic mass is 16.2. The average molecular weight is 421 g/mol. The third kappa shape index (κ3) is 5.37. The first-order chi connectivity index (χ1) is 14.8. The van der Waals surface area contributed by atoms with Gasteiger partial charge in [0.05, 0.1) is 23.5 Å². The van der Waals surface area contributed by atoms with Crippen LogP contribution in [-0.2, 0) is 17.6 Å². The van der Waals surface area contributed by atoms with E-state index in [0.29, 0.717) is 36.1 Å². The van der Waals surface area contributed by atoms with Gasteiger partial charge in [-0.2, -0.15) is 0 Å². The van der Waals surface area contributed by atoms with Crippen LogP contribution in [0.1, 0.15) is 60.4 Å². The van der Waals surface area contributed by atoms with Crippen LogP contribution >= 0.6 is 0 Å². The summed E-state index contributed by atoms with van der Waals surface area (Å²) in [6.45, 7) is 8.18. The van der Waals surface area contributed by atoms with E-state index in [1.807, 2.05) is 6.92 Å². The molecule has 1 aromatic carbocycles. The summed E-state index contributed by atoms with van der Waals surface area (Å²) in [5.41, 5.74) is 3.32. The summed E-state index contributed by atoms with van der Waals surface area (Å²) in [6, 6.07) is 10.6. The fourth-order valence-electron chi connectivity index (χ4n) is 4.88. The molecule has 31 heavy (non-hydrogen) atoms. The number of nitrogens with one attached hydrogen (secondary N) is 1. The number of nitrogens with zero attached hydrogens (tertiary/aromatic N) is 3. The summed E-state index contributed by atoms with van der Waals surface area (Å²) in [7, 11) is 0. The highest BCUT2D eigenvalue weighted by Gasteiger charge is 2.34. The van der Waals surface area contributed by atoms with E-state index in [9.17, 15) is 9.59 Å². The highest BCUT2D eigenvalue weighted by molar-refractivity contribution is 6.00. The van der Waals surface area contributed by atoms with Gasteiger partial charge < -0.3 is 0 Å². The Balaban J connectivity index is 1.32. The number of anilines is 1. The summed E-state index contributed by atoms with van der Waals surface area (Å²) in [6.07, 6.45) is 4.55. The number of fused-ring (bicyclic) bond motifs is 1. The van der Waals surface area contributed by atoms with Gasteiger partial charge >= 0.3 is 0 Å². The van der Waals surface area contributed by atoms with Gasteiger partial charge in [-0.3, -0.25) is 19.8 Å². The minimum atomic E-state index is -0.115. The van der Waals surface area contributed by atoms with Crippen LogP contribution in [0.5, 0.6) is 0 Å². The molecule has 2 heterocycles. The topological polar surface area (TPSA) is 75.2 Å². The smallest absolute Gasteiger partial charge is 0.240 e. The molecule has 4 rings (SSSR count). The van der Waals surface area contributed by atoms with Crippen LogP contribution in [0.4, 0.5) is 5.95 Å². The fourth-order valence-corrected chi connectivity index (χ4v) is 4.88. The van der Waals surface area contributed by atoms with E-state index in [1.54, 1.807) is 0 Å². The predicted molar refractivity (Wildman–Crippen MR) is 121 cm³/mol. The number of amides is 1. The minimum absolute atomic E-state index is 0.0951. The number of aryl methyl sites for hydroxylation is 1. The van der Waals surface area contributed by atoms with Crippen molar-refractivity contribution in [1.82, 2.24) is 14.9 Å². The maximum Gasteiger partial charge on any atom is 0.240 e. The molecule has 1 aliphatic carbocycles. The van der Waals surface area contributed by atoms with Crippen LogP contribution in [0.15, 0.2) is 30.3 Å². The number of carbonyl (C=O) groups excluding carboxylic acids is 2. The van der Waals surface area contributed by atoms with Crippen molar-refractivity contribution in [2.45, 2.75) is 52.9 Å². The Morgan fingerprint density at radius 2 is 1.84 bits per heavy atom. The first-order valence-corrected chi connectivity index (χ1v) is 11.3. The molecule has 164 valence electrons. The molecule has 1 amide bonds. The molecule has 0 radical (unpaired) electrons. The third-order valence-electron chi connectivity index (χ3n) is 6.42. The van der Waals surface area contributed by atoms with Gasteiger partial charge in [-0.05, 0) is 62.6 Å². The first-order valence-electron chi connectivity index (χ1n) is 11.3. The van der Waals surface area contributed by atoms with Crippen molar-refractivity contribution in [3.63, 3.8) is 0 Å². The molecule has 1 aromatic heterocycles. The zero-order valence-corrected chi connectivity index (χ0v) is 18.8. The lowest BCUT2D eigenvalue weighted by Crippen LogP contribution is -2.40. The molecule has 1 aliphatic heterocycles. The summed E-state index contributed by atoms with van der Waals surface area (Å²) in [5.74, 6) is 0.988. The molecule has 1 fully saturated rings. The lowest BCUT2D eigenvalue weighted by atomic mass is 9.75. The van der Waals surface area contributed by atoms with Crippen LogP contribution in [-0.4, -0.2) is 46.2 Å². The molecule has 0 spiro atoms. The van der Waals surface area contributed by atoms with Crippen molar-refractivity contribution in [1.29, 1.82) is 0 Å². The van der Waals surface area contributed by atoms with E-state index in [-0.39, 0.29) is 17.1 Å². The van der Waals surface area contributed by atoms with Crippen LogP contribution in [0.3, 0.4) is 0 Å². The summed E-state index contributed by atoms with van der Waals surface area (Å²) in [4.78, 5) is 36.2. The Hall–Kier alpha value is -2.60. The van der Waals surface area contributed by atoms with Crippen LogP contribution in [0, 0.1) is 18.3 Å². The number of rotatable bonds is 5. The molecule has 0 unspecified atom stereocenters. The molecule has 0 bridgehead atoms. The molecule has 1 N–H and O–H groups in total. The van der Waals surface area contributed by atoms with Gasteiger partial charge in [0.2, 0.25) is 11.9 Å². The highest BCUT2D eigenvalue weighted by Crippen LogP contribution is 2.35. The van der Waals surface area contributed by atoms with E-state index in [4.69, 9.17) is 0 Å². The molecule has 0 atom stereocenters. The van der Waals surface area contributed by atoms with Gasteiger partial charge in [0.1, 0.15) is 0 Å². The molecule has 6 nitrogen and oxygen atoms in total. The molecular weight excluding hydrogens is 388 g/mol. The molecular formula is C25H32N4O2. The normalized spacial score (nSPS) is 19.1. The average Bonchev–Trinajstić information content (AvgIpc) is 2.68. The summed E-state index contributed by atoms with van der Waals surface area (Å²) in [5, 5.41) is 2.86. The summed E-state index contributed by atoms with van der Waals surface area (Å²) < 4.78 is 0. The zero-order chi connectivity index (χ0) is 22.0. The monoisotopic (exact) mass is 420 g/mol. The fraction of sp³-hybridized carbons (Fsp3) is 0.520. The van der Waals surface area contributed by atoms with E-state index in [1.165, 1.54) is 5.56 Å². The maximum atomic E-state index is 12.6. The standard InChI is InChI=1S/C25H32N4O2/c1-17-23-20(14-25(2,3)15-21(23)30)27-24(26-17)28-22(31)16-29-11-9-19(10-12-29)13-18-7-5-4-6-8-18/h4-8,19H,9-16H2,1-3H3,(H,26,27,28,31). The molecule has 6 heteroatoms. The number of hydrogen-bond donors (Lipinski definition) is 1. The largest absolute Gasteiger partial charge is 0.294 e. The van der Waals surface area contributed by atoms with Crippen molar-refractivity contribution in [2.24, 2.45) is 11.3 Å². The van der Waals surface area contributed by atoms with Gasteiger partial charge in [-0.15, -0.1) is 0 Å². The second-order valence-corrected chi connectivity index (χ2v) is 9.85. The number of carbonyl (C=O) groups is 2. The molecule has 1 saturated heterocycles. The number of Topliss-reactive ketones (excluding diaryl/α,β-unsaturated/α-hetero) is 1. The van der Waals surface area contributed by atoms with Crippen molar-refractivity contribution < 1.29 is 9.59 Å². The van der Waals surface area contributed by atoms with Crippen LogP contribution < -0.4 is 5.32 Å². The van der Waals surface area contributed by atoms with Crippen LogP contribution in [0.2, 0.25) is 0 Å². The van der Waals surface area contributed by atoms with Gasteiger partial charge in [0.25, 0.3) is 0 Å². The van der Waals surface area contributed by atoms with E-state index >= 15 is 0 Å². The molecule has 2 aliphatic rings. The SMILES string of the molecule is Cc1nc(NC(=O)CN2CCC(Cc3ccccc3)CC2)nc2c1C(=O)CC(C)(C)C2. The van der Waals surface area contributed by atoms with E-state index < -0.39 is 0 Å². The second kappa shape index (κ2) is 8.87. The predicted octanol–water partition coefficient (Wildman–Crippen LogP) is 3.83. The van der Waals surface area contributed by atoms with Gasteiger partial charge in [-0.25, -0.2) is 9.97 Å². The third-order valence-corrected chi connectivity index (χ3v) is 6.42. The van der Waals surface area contributed by atoms with Gasteiger partial charge in [-0.1, -0.05) is 44.2 Å². The second-order valence-electron chi connectivity index (χ2n) is 9.85. The Bertz CT molecular complexity index is 963. The number of hydrogen-bond acceptors (Lipinski definition) is 5. The lowest BCUT2D eigenvalue weighted by molar-refractivity contribution is -0.117. The molecule has 0 saturated carbocycles. The lowest BCUT2D eigenvalue weighted by Gasteiger charge is -2.31. The maximum absolute atomic E-state index is 12.6. The van der Waals surface area contributed by atoms with E-state index in [2.05, 4.69) is 64.4 Å². The Morgan fingerprint density at radius 3 is 2.55 bits per heavy atom. The van der Waals surface area contributed by atoms with Gasteiger partial charge in [0.15, 0.2) is 5.78 Å². The van der Waals surface area contributed by atoms with E-state index in [0.717, 1.165) is 44.5 Å². The van der Waals surface area contributed by atoms with Crippen molar-refractivity contribution in [3.05, 3.63) is 52.8 Å². The number of benzene rings is 1. The number of likely N-dealkylation sites (tertiary alicyclic amines) is 1. The Morgan fingerprint density at radius 1 is 1.13 bits per heavy atom. The quantitative estimate of drug-likeness (QED) is 0.796. The Kier molecular flexibility index (Phi) is 6.19. The summed E-state index contributed by atoms with van der Waals surface area (Å²) >= 11 is 0. The molecule has 2 aromatic rings. The van der Waals surface area contributed by atoms with Crippen LogP contribution in [0.25, 0.3) is 0 Å². The zero-order valence-electron chi connectivity index (χ0n) is 18.8. The van der Waals surface area contributed by atoms with Crippen molar-refractivity contribution in [3.8, 4) is 0 Å². The number of piperidine rings is 1. The minimum Gasteiger partial charge on any atom is -0.294 e. The van der Waals surface area contributed by atoms with Crippen molar-refractivity contribution >= 4 is 17.6 Å². The Labute approximate surface area is 184 Å². The number of aromatic nitrogens is 2. The van der Waals surface area contributed by atoms with Crippen molar-refractivity contribution in [2.75, 3.05) is 25.0 Å². The van der Waals surface area contributed by atoms with Gasteiger partial charge in [0, 0.05) is 6.42 Å². The first kappa shape index (κ1) is 21.6.